The normalized spacial score (nSPS) is 9.50. The fourth-order valence-electron chi connectivity index (χ4n) is 1.20. The standard InChI is InChI=1S/C10H11N3O3/c1-3-4-13(6-9(14)15)10(16)8-5-11-7-12(8)2/h1,5,7H,4,6H2,2H3,(H,14,15). The summed E-state index contributed by atoms with van der Waals surface area (Å²) in [5, 5.41) is 8.64. The lowest BCUT2D eigenvalue weighted by atomic mass is 10.3. The third-order valence-corrected chi connectivity index (χ3v) is 1.93. The number of amides is 1. The molecule has 0 aromatic carbocycles. The summed E-state index contributed by atoms with van der Waals surface area (Å²) in [5.41, 5.74) is 0.302. The van der Waals surface area contributed by atoms with Gasteiger partial charge in [0, 0.05) is 7.05 Å². The molecule has 1 aromatic heterocycles. The Kier molecular flexibility index (Phi) is 3.67. The third kappa shape index (κ3) is 2.60. The van der Waals surface area contributed by atoms with Gasteiger partial charge in [-0.25, -0.2) is 4.98 Å². The predicted molar refractivity (Wildman–Crippen MR) is 55.6 cm³/mol. The second-order valence-electron chi connectivity index (χ2n) is 3.15. The van der Waals surface area contributed by atoms with E-state index in [-0.39, 0.29) is 6.54 Å². The van der Waals surface area contributed by atoms with Crippen LogP contribution in [-0.4, -0.2) is 44.5 Å². The average Bonchev–Trinajstić information content (AvgIpc) is 2.62. The predicted octanol–water partition coefficient (Wildman–Crippen LogP) is -0.420. The van der Waals surface area contributed by atoms with Crippen LogP contribution in [0.3, 0.4) is 0 Å². The van der Waals surface area contributed by atoms with Gasteiger partial charge in [0.1, 0.15) is 12.2 Å². The van der Waals surface area contributed by atoms with Crippen molar-refractivity contribution in [1.82, 2.24) is 14.5 Å². The summed E-state index contributed by atoms with van der Waals surface area (Å²) in [4.78, 5) is 27.3. The molecule has 1 rings (SSSR count). The van der Waals surface area contributed by atoms with E-state index in [1.54, 1.807) is 7.05 Å². The lowest BCUT2D eigenvalue weighted by Gasteiger charge is -2.17. The lowest BCUT2D eigenvalue weighted by molar-refractivity contribution is -0.137. The van der Waals surface area contributed by atoms with Crippen molar-refractivity contribution in [3.63, 3.8) is 0 Å². The Labute approximate surface area is 92.5 Å². The maximum absolute atomic E-state index is 11.9. The smallest absolute Gasteiger partial charge is 0.323 e. The summed E-state index contributed by atoms with van der Waals surface area (Å²) in [5.74, 6) is 0.698. The molecule has 0 spiro atoms. The Morgan fingerprint density at radius 1 is 1.69 bits per heavy atom. The van der Waals surface area contributed by atoms with Gasteiger partial charge in [-0.3, -0.25) is 9.59 Å². The van der Waals surface area contributed by atoms with Crippen LogP contribution in [0.5, 0.6) is 0 Å². The van der Waals surface area contributed by atoms with E-state index in [9.17, 15) is 9.59 Å². The Bertz CT molecular complexity index is 444. The molecule has 1 aromatic rings. The largest absolute Gasteiger partial charge is 0.480 e. The number of imidazole rings is 1. The highest BCUT2D eigenvalue weighted by molar-refractivity contribution is 5.94. The fraction of sp³-hybridized carbons (Fsp3) is 0.300. The van der Waals surface area contributed by atoms with Gasteiger partial charge in [-0.05, 0) is 0 Å². The molecule has 0 unspecified atom stereocenters. The Morgan fingerprint density at radius 2 is 2.38 bits per heavy atom. The molecule has 0 atom stereocenters. The van der Waals surface area contributed by atoms with Crippen molar-refractivity contribution in [3.05, 3.63) is 18.2 Å². The number of terminal acetylenes is 1. The molecule has 84 valence electrons. The summed E-state index contributed by atoms with van der Waals surface area (Å²) >= 11 is 0. The topological polar surface area (TPSA) is 75.4 Å². The maximum atomic E-state index is 11.9. The van der Waals surface area contributed by atoms with Crippen LogP contribution < -0.4 is 0 Å². The zero-order valence-corrected chi connectivity index (χ0v) is 8.75. The van der Waals surface area contributed by atoms with E-state index in [0.717, 1.165) is 4.90 Å². The van der Waals surface area contributed by atoms with E-state index in [1.165, 1.54) is 17.1 Å². The Morgan fingerprint density at radius 3 is 2.81 bits per heavy atom. The van der Waals surface area contributed by atoms with E-state index in [4.69, 9.17) is 11.5 Å². The van der Waals surface area contributed by atoms with Gasteiger partial charge >= 0.3 is 5.97 Å². The minimum Gasteiger partial charge on any atom is -0.480 e. The lowest BCUT2D eigenvalue weighted by Crippen LogP contribution is -2.36. The van der Waals surface area contributed by atoms with Crippen molar-refractivity contribution >= 4 is 11.9 Å². The molecule has 1 amide bonds. The first-order valence-corrected chi connectivity index (χ1v) is 4.47. The molecular formula is C10H11N3O3. The van der Waals surface area contributed by atoms with Crippen LogP contribution in [-0.2, 0) is 11.8 Å². The number of hydrogen-bond acceptors (Lipinski definition) is 3. The molecule has 0 saturated heterocycles. The minimum absolute atomic E-state index is 0.0453. The van der Waals surface area contributed by atoms with Gasteiger partial charge in [-0.2, -0.15) is 0 Å². The molecule has 0 aliphatic heterocycles. The van der Waals surface area contributed by atoms with E-state index < -0.39 is 18.4 Å². The highest BCUT2D eigenvalue weighted by Crippen LogP contribution is 2.02. The van der Waals surface area contributed by atoms with Gasteiger partial charge < -0.3 is 14.6 Å². The number of aliphatic carboxylic acids is 1. The van der Waals surface area contributed by atoms with Crippen LogP contribution >= 0.6 is 0 Å². The first-order valence-electron chi connectivity index (χ1n) is 4.47. The molecule has 1 heterocycles. The third-order valence-electron chi connectivity index (χ3n) is 1.93. The molecule has 1 N–H and O–H groups in total. The molecule has 0 saturated carbocycles. The van der Waals surface area contributed by atoms with E-state index in [0.29, 0.717) is 5.69 Å². The number of aryl methyl sites for hydroxylation is 1. The quantitative estimate of drug-likeness (QED) is 0.701. The van der Waals surface area contributed by atoms with Crippen molar-refractivity contribution in [2.45, 2.75) is 0 Å². The first-order chi connectivity index (χ1) is 7.56. The van der Waals surface area contributed by atoms with Crippen molar-refractivity contribution in [2.75, 3.05) is 13.1 Å². The summed E-state index contributed by atoms with van der Waals surface area (Å²) in [6.45, 7) is -0.468. The van der Waals surface area contributed by atoms with Crippen molar-refractivity contribution in [3.8, 4) is 12.3 Å². The van der Waals surface area contributed by atoms with Crippen LogP contribution in [0.1, 0.15) is 10.5 Å². The number of carboxylic acids is 1. The molecular weight excluding hydrogens is 210 g/mol. The van der Waals surface area contributed by atoms with Gasteiger partial charge in [-0.1, -0.05) is 5.92 Å². The second-order valence-corrected chi connectivity index (χ2v) is 3.15. The van der Waals surface area contributed by atoms with E-state index in [1.807, 2.05) is 0 Å². The van der Waals surface area contributed by atoms with Crippen LogP contribution in [0, 0.1) is 12.3 Å². The number of carboxylic acid groups (broad SMARTS) is 1. The average molecular weight is 221 g/mol. The monoisotopic (exact) mass is 221 g/mol. The Balaban J connectivity index is 2.88. The van der Waals surface area contributed by atoms with Gasteiger partial charge in [-0.15, -0.1) is 6.42 Å². The van der Waals surface area contributed by atoms with Crippen molar-refractivity contribution < 1.29 is 14.7 Å². The fourth-order valence-corrected chi connectivity index (χ4v) is 1.20. The number of carbonyl (C=O) groups excluding carboxylic acids is 1. The second kappa shape index (κ2) is 4.98. The van der Waals surface area contributed by atoms with Crippen molar-refractivity contribution in [2.24, 2.45) is 7.05 Å². The van der Waals surface area contributed by atoms with Crippen LogP contribution in [0.25, 0.3) is 0 Å². The van der Waals surface area contributed by atoms with Crippen molar-refractivity contribution in [1.29, 1.82) is 0 Å². The molecule has 0 radical (unpaired) electrons. The molecule has 0 bridgehead atoms. The maximum Gasteiger partial charge on any atom is 0.323 e. The highest BCUT2D eigenvalue weighted by atomic mass is 16.4. The molecule has 6 nitrogen and oxygen atoms in total. The van der Waals surface area contributed by atoms with E-state index in [2.05, 4.69) is 10.9 Å². The first kappa shape index (κ1) is 11.8. The van der Waals surface area contributed by atoms with Gasteiger partial charge in [0.2, 0.25) is 0 Å². The summed E-state index contributed by atoms with van der Waals surface area (Å²) in [7, 11) is 1.65. The zero-order valence-electron chi connectivity index (χ0n) is 8.75. The van der Waals surface area contributed by atoms with E-state index >= 15 is 0 Å². The van der Waals surface area contributed by atoms with Gasteiger partial charge in [0.15, 0.2) is 0 Å². The molecule has 0 aliphatic carbocycles. The minimum atomic E-state index is -1.11. The van der Waals surface area contributed by atoms with Crippen LogP contribution in [0.15, 0.2) is 12.5 Å². The highest BCUT2D eigenvalue weighted by Gasteiger charge is 2.19. The Hall–Kier alpha value is -2.29. The summed E-state index contributed by atoms with van der Waals surface area (Å²) in [6.07, 6.45) is 7.90. The number of carbonyl (C=O) groups is 2. The number of rotatable bonds is 4. The van der Waals surface area contributed by atoms with Gasteiger partial charge in [0.05, 0.1) is 19.1 Å². The number of aromatic nitrogens is 2. The molecule has 6 heteroatoms. The summed E-state index contributed by atoms with van der Waals surface area (Å²) < 4.78 is 1.51. The van der Waals surface area contributed by atoms with Gasteiger partial charge in [0.25, 0.3) is 5.91 Å². The SMILES string of the molecule is C#CCN(CC(=O)O)C(=O)c1cncn1C. The summed E-state index contributed by atoms with van der Waals surface area (Å²) in [6, 6.07) is 0. The number of hydrogen-bond donors (Lipinski definition) is 1. The molecule has 16 heavy (non-hydrogen) atoms. The number of nitrogens with zero attached hydrogens (tertiary/aromatic N) is 3. The zero-order chi connectivity index (χ0) is 12.1. The molecule has 0 aliphatic rings. The molecule has 0 fully saturated rings. The van der Waals surface area contributed by atoms with Crippen LogP contribution in [0.4, 0.5) is 0 Å². The van der Waals surface area contributed by atoms with Crippen LogP contribution in [0.2, 0.25) is 0 Å².